The third-order valence-corrected chi connectivity index (χ3v) is 4.37. The standard InChI is InChI=1S/C17H27NO3/c1-17(2,3)13-7-5-6-8-14(13)18-16(19)15-10-9-12(21-15)11-20-4/h9-10,13-14H,5-8,11H2,1-4H3,(H,18,19). The van der Waals surface area contributed by atoms with Gasteiger partial charge >= 0.3 is 0 Å². The van der Waals surface area contributed by atoms with Gasteiger partial charge in [0.1, 0.15) is 12.4 Å². The molecule has 4 nitrogen and oxygen atoms in total. The number of furan rings is 1. The predicted molar refractivity (Wildman–Crippen MR) is 82.1 cm³/mol. The van der Waals surface area contributed by atoms with Gasteiger partial charge in [0.25, 0.3) is 5.91 Å². The van der Waals surface area contributed by atoms with Gasteiger partial charge in [-0.05, 0) is 36.3 Å². The number of carbonyl (C=O) groups excluding carboxylic acids is 1. The third kappa shape index (κ3) is 4.10. The molecular weight excluding hydrogens is 266 g/mol. The van der Waals surface area contributed by atoms with Crippen LogP contribution in [0.1, 0.15) is 62.8 Å². The van der Waals surface area contributed by atoms with E-state index in [-0.39, 0.29) is 17.4 Å². The van der Waals surface area contributed by atoms with E-state index in [1.165, 1.54) is 19.3 Å². The van der Waals surface area contributed by atoms with Crippen LogP contribution in [0.15, 0.2) is 16.5 Å². The van der Waals surface area contributed by atoms with E-state index < -0.39 is 0 Å². The van der Waals surface area contributed by atoms with Crippen molar-refractivity contribution < 1.29 is 13.9 Å². The molecule has 1 N–H and O–H groups in total. The first kappa shape index (κ1) is 16.1. The lowest BCUT2D eigenvalue weighted by Gasteiger charge is -2.40. The van der Waals surface area contributed by atoms with Gasteiger partial charge in [0.2, 0.25) is 0 Å². The Kier molecular flexibility index (Phi) is 5.09. The van der Waals surface area contributed by atoms with E-state index in [1.807, 2.05) is 0 Å². The fraction of sp³-hybridized carbons (Fsp3) is 0.706. The molecule has 2 atom stereocenters. The highest BCUT2D eigenvalue weighted by atomic mass is 16.5. The molecule has 4 heteroatoms. The van der Waals surface area contributed by atoms with Crippen molar-refractivity contribution in [2.24, 2.45) is 11.3 Å². The van der Waals surface area contributed by atoms with Gasteiger partial charge in [-0.1, -0.05) is 33.6 Å². The Balaban J connectivity index is 2.02. The lowest BCUT2D eigenvalue weighted by molar-refractivity contribution is 0.0797. The molecule has 0 aliphatic heterocycles. The molecule has 0 radical (unpaired) electrons. The number of nitrogens with one attached hydrogen (secondary N) is 1. The third-order valence-electron chi connectivity index (χ3n) is 4.37. The van der Waals surface area contributed by atoms with E-state index in [1.54, 1.807) is 19.2 Å². The van der Waals surface area contributed by atoms with Crippen molar-refractivity contribution in [1.29, 1.82) is 0 Å². The fourth-order valence-corrected chi connectivity index (χ4v) is 3.30. The highest BCUT2D eigenvalue weighted by Crippen LogP contribution is 2.38. The summed E-state index contributed by atoms with van der Waals surface area (Å²) in [4.78, 5) is 12.4. The van der Waals surface area contributed by atoms with Crippen LogP contribution in [0.2, 0.25) is 0 Å². The van der Waals surface area contributed by atoms with Crippen LogP contribution < -0.4 is 5.32 Å². The minimum Gasteiger partial charge on any atom is -0.453 e. The van der Waals surface area contributed by atoms with Crippen molar-refractivity contribution in [3.05, 3.63) is 23.7 Å². The molecule has 1 saturated carbocycles. The van der Waals surface area contributed by atoms with Gasteiger partial charge in [-0.15, -0.1) is 0 Å². The minimum absolute atomic E-state index is 0.112. The van der Waals surface area contributed by atoms with Crippen molar-refractivity contribution in [2.45, 2.75) is 59.1 Å². The first-order valence-electron chi connectivity index (χ1n) is 7.80. The van der Waals surface area contributed by atoms with E-state index >= 15 is 0 Å². The van der Waals surface area contributed by atoms with Crippen molar-refractivity contribution in [3.8, 4) is 0 Å². The number of hydrogen-bond donors (Lipinski definition) is 1. The first-order chi connectivity index (χ1) is 9.91. The molecule has 0 spiro atoms. The summed E-state index contributed by atoms with van der Waals surface area (Å²) in [6, 6.07) is 3.75. The average molecular weight is 293 g/mol. The van der Waals surface area contributed by atoms with Crippen molar-refractivity contribution in [2.75, 3.05) is 7.11 Å². The number of amides is 1. The fourth-order valence-electron chi connectivity index (χ4n) is 3.30. The summed E-state index contributed by atoms with van der Waals surface area (Å²) >= 11 is 0. The zero-order chi connectivity index (χ0) is 15.5. The maximum absolute atomic E-state index is 12.4. The van der Waals surface area contributed by atoms with Crippen LogP contribution in [0.3, 0.4) is 0 Å². The summed E-state index contributed by atoms with van der Waals surface area (Å²) in [6.07, 6.45) is 4.68. The van der Waals surface area contributed by atoms with E-state index in [4.69, 9.17) is 9.15 Å². The molecule has 118 valence electrons. The summed E-state index contributed by atoms with van der Waals surface area (Å²) in [5.41, 5.74) is 0.211. The van der Waals surface area contributed by atoms with E-state index in [0.29, 0.717) is 24.0 Å². The summed E-state index contributed by atoms with van der Waals surface area (Å²) in [5, 5.41) is 3.17. The second-order valence-electron chi connectivity index (χ2n) is 7.04. The Morgan fingerprint density at radius 1 is 1.33 bits per heavy atom. The molecule has 1 heterocycles. The van der Waals surface area contributed by atoms with Crippen LogP contribution in [0, 0.1) is 11.3 Å². The zero-order valence-corrected chi connectivity index (χ0v) is 13.6. The van der Waals surface area contributed by atoms with Gasteiger partial charge in [-0.2, -0.15) is 0 Å². The average Bonchev–Trinajstić information content (AvgIpc) is 2.87. The van der Waals surface area contributed by atoms with Gasteiger partial charge in [0.05, 0.1) is 0 Å². The summed E-state index contributed by atoms with van der Waals surface area (Å²) in [5.74, 6) is 1.46. The van der Waals surface area contributed by atoms with Crippen LogP contribution >= 0.6 is 0 Å². The van der Waals surface area contributed by atoms with E-state index in [0.717, 1.165) is 6.42 Å². The predicted octanol–water partition coefficient (Wildman–Crippen LogP) is 3.76. The topological polar surface area (TPSA) is 51.5 Å². The smallest absolute Gasteiger partial charge is 0.287 e. The van der Waals surface area contributed by atoms with Crippen molar-refractivity contribution in [1.82, 2.24) is 5.32 Å². The quantitative estimate of drug-likeness (QED) is 0.919. The molecule has 21 heavy (non-hydrogen) atoms. The lowest BCUT2D eigenvalue weighted by Crippen LogP contribution is -2.46. The Bertz CT molecular complexity index is 473. The highest BCUT2D eigenvalue weighted by Gasteiger charge is 2.35. The van der Waals surface area contributed by atoms with Gasteiger partial charge in [0, 0.05) is 13.2 Å². The van der Waals surface area contributed by atoms with Gasteiger partial charge in [-0.3, -0.25) is 4.79 Å². The lowest BCUT2D eigenvalue weighted by atomic mass is 9.69. The molecule has 1 aliphatic carbocycles. The summed E-state index contributed by atoms with van der Waals surface area (Å²) < 4.78 is 10.5. The molecule has 2 unspecified atom stereocenters. The highest BCUT2D eigenvalue weighted by molar-refractivity contribution is 5.91. The first-order valence-corrected chi connectivity index (χ1v) is 7.80. The Morgan fingerprint density at radius 2 is 2.05 bits per heavy atom. The van der Waals surface area contributed by atoms with Crippen molar-refractivity contribution >= 4 is 5.91 Å². The Hall–Kier alpha value is -1.29. The summed E-state index contributed by atoms with van der Waals surface area (Å²) in [7, 11) is 1.61. The van der Waals surface area contributed by atoms with Gasteiger partial charge in [-0.25, -0.2) is 0 Å². The number of methoxy groups -OCH3 is 1. The molecule has 0 aromatic carbocycles. The van der Waals surface area contributed by atoms with Gasteiger partial charge < -0.3 is 14.5 Å². The molecule has 2 rings (SSSR count). The van der Waals surface area contributed by atoms with E-state index in [9.17, 15) is 4.79 Å². The number of carbonyl (C=O) groups is 1. The molecule has 0 saturated heterocycles. The largest absolute Gasteiger partial charge is 0.453 e. The molecule has 0 bridgehead atoms. The van der Waals surface area contributed by atoms with Crippen LogP contribution in [-0.2, 0) is 11.3 Å². The van der Waals surface area contributed by atoms with Crippen molar-refractivity contribution in [3.63, 3.8) is 0 Å². The maximum Gasteiger partial charge on any atom is 0.287 e. The van der Waals surface area contributed by atoms with Crippen LogP contribution in [-0.4, -0.2) is 19.1 Å². The minimum atomic E-state index is -0.112. The SMILES string of the molecule is COCc1ccc(C(=O)NC2CCCCC2C(C)(C)C)o1. The number of rotatable bonds is 4. The van der Waals surface area contributed by atoms with Crippen LogP contribution in [0.4, 0.5) is 0 Å². The Labute approximate surface area is 127 Å². The molecule has 1 fully saturated rings. The van der Waals surface area contributed by atoms with Gasteiger partial charge in [0.15, 0.2) is 5.76 Å². The number of hydrogen-bond acceptors (Lipinski definition) is 3. The molecular formula is C17H27NO3. The second kappa shape index (κ2) is 6.65. The maximum atomic E-state index is 12.4. The monoisotopic (exact) mass is 293 g/mol. The van der Waals surface area contributed by atoms with Crippen LogP contribution in [0.25, 0.3) is 0 Å². The summed E-state index contributed by atoms with van der Waals surface area (Å²) in [6.45, 7) is 7.16. The molecule has 1 amide bonds. The molecule has 1 aromatic heterocycles. The zero-order valence-electron chi connectivity index (χ0n) is 13.6. The number of ether oxygens (including phenoxy) is 1. The Morgan fingerprint density at radius 3 is 2.71 bits per heavy atom. The van der Waals surface area contributed by atoms with Crippen LogP contribution in [0.5, 0.6) is 0 Å². The van der Waals surface area contributed by atoms with E-state index in [2.05, 4.69) is 26.1 Å². The second-order valence-corrected chi connectivity index (χ2v) is 7.04. The molecule has 1 aliphatic rings. The molecule has 1 aromatic rings. The normalized spacial score (nSPS) is 23.0.